The number of nitrogens with zero attached hydrogens (tertiary/aromatic N) is 3. The second kappa shape index (κ2) is 6.80. The molecule has 0 atom stereocenters. The third-order valence-electron chi connectivity index (χ3n) is 5.03. The maximum Gasteiger partial charge on any atom is 0.0396 e. The number of hydrogen-bond donors (Lipinski definition) is 0. The van der Waals surface area contributed by atoms with Crippen LogP contribution in [0.1, 0.15) is 24.0 Å². The van der Waals surface area contributed by atoms with Crippen molar-refractivity contribution >= 4 is 5.69 Å². The van der Waals surface area contributed by atoms with E-state index in [2.05, 4.69) is 47.0 Å². The molecule has 0 amide bonds. The molecule has 2 heterocycles. The van der Waals surface area contributed by atoms with Gasteiger partial charge in [0.15, 0.2) is 0 Å². The minimum Gasteiger partial charge on any atom is -0.374 e. The van der Waals surface area contributed by atoms with Gasteiger partial charge < -0.3 is 14.7 Å². The minimum atomic E-state index is 1.20. The molecule has 0 bridgehead atoms. The molecule has 1 aromatic rings. The van der Waals surface area contributed by atoms with Crippen molar-refractivity contribution in [2.45, 2.75) is 25.7 Å². The monoisotopic (exact) mass is 287 g/mol. The first-order valence-corrected chi connectivity index (χ1v) is 8.46. The zero-order valence-electron chi connectivity index (χ0n) is 13.6. The summed E-state index contributed by atoms with van der Waals surface area (Å²) in [4.78, 5) is 7.44. The second-order valence-corrected chi connectivity index (χ2v) is 6.74. The van der Waals surface area contributed by atoms with Crippen LogP contribution in [0.2, 0.25) is 0 Å². The lowest BCUT2D eigenvalue weighted by Crippen LogP contribution is -2.44. The zero-order valence-corrected chi connectivity index (χ0v) is 13.6. The predicted octanol–water partition coefficient (Wildman–Crippen LogP) is 2.25. The first kappa shape index (κ1) is 14.9. The summed E-state index contributed by atoms with van der Waals surface area (Å²) in [6, 6.07) is 7.12. The smallest absolute Gasteiger partial charge is 0.0396 e. The summed E-state index contributed by atoms with van der Waals surface area (Å²) in [5.41, 5.74) is 4.53. The van der Waals surface area contributed by atoms with E-state index in [1.165, 1.54) is 76.2 Å². The van der Waals surface area contributed by atoms with Crippen molar-refractivity contribution in [3.05, 3.63) is 29.3 Å². The molecule has 3 nitrogen and oxygen atoms in total. The molecule has 21 heavy (non-hydrogen) atoms. The van der Waals surface area contributed by atoms with E-state index in [0.29, 0.717) is 0 Å². The molecule has 0 saturated carbocycles. The van der Waals surface area contributed by atoms with Gasteiger partial charge in [-0.15, -0.1) is 0 Å². The fourth-order valence-electron chi connectivity index (χ4n) is 3.57. The first-order valence-electron chi connectivity index (χ1n) is 8.46. The quantitative estimate of drug-likeness (QED) is 0.841. The highest BCUT2D eigenvalue weighted by Crippen LogP contribution is 2.27. The lowest BCUT2D eigenvalue weighted by molar-refractivity contribution is 0.153. The van der Waals surface area contributed by atoms with Gasteiger partial charge in [0, 0.05) is 45.5 Å². The lowest BCUT2D eigenvalue weighted by Gasteiger charge is -2.32. The van der Waals surface area contributed by atoms with Crippen LogP contribution >= 0.6 is 0 Å². The number of hydrogen-bond acceptors (Lipinski definition) is 3. The molecule has 2 aliphatic heterocycles. The van der Waals surface area contributed by atoms with Crippen molar-refractivity contribution in [2.75, 3.05) is 58.3 Å². The van der Waals surface area contributed by atoms with Crippen molar-refractivity contribution in [3.63, 3.8) is 0 Å². The second-order valence-electron chi connectivity index (χ2n) is 6.74. The van der Waals surface area contributed by atoms with E-state index < -0.39 is 0 Å². The van der Waals surface area contributed by atoms with E-state index in [1.54, 1.807) is 5.56 Å². The first-order chi connectivity index (χ1) is 10.2. The van der Waals surface area contributed by atoms with Gasteiger partial charge in [-0.3, -0.25) is 0 Å². The summed E-state index contributed by atoms with van der Waals surface area (Å²) in [5, 5.41) is 0. The topological polar surface area (TPSA) is 9.72 Å². The van der Waals surface area contributed by atoms with E-state index in [4.69, 9.17) is 0 Å². The van der Waals surface area contributed by atoms with Crippen LogP contribution in [0.3, 0.4) is 0 Å². The molecule has 3 heteroatoms. The number of aryl methyl sites for hydroxylation is 2. The van der Waals surface area contributed by atoms with Gasteiger partial charge in [-0.1, -0.05) is 12.1 Å². The SMILES string of the molecule is CN1CCN(CCCc2ccc3c(c2)CCCN3C)CC1. The summed E-state index contributed by atoms with van der Waals surface area (Å²) >= 11 is 0. The van der Waals surface area contributed by atoms with Gasteiger partial charge in [0.1, 0.15) is 0 Å². The Hall–Kier alpha value is -1.06. The van der Waals surface area contributed by atoms with Crippen LogP contribution in [0.4, 0.5) is 5.69 Å². The molecule has 0 aliphatic carbocycles. The highest BCUT2D eigenvalue weighted by molar-refractivity contribution is 5.56. The Labute approximate surface area is 129 Å². The van der Waals surface area contributed by atoms with Gasteiger partial charge >= 0.3 is 0 Å². The molecular formula is C18H29N3. The molecule has 0 spiro atoms. The highest BCUT2D eigenvalue weighted by atomic mass is 15.2. The standard InChI is InChI=1S/C18H29N3/c1-19-11-13-21(14-12-19)10-3-5-16-7-8-18-17(15-16)6-4-9-20(18)2/h7-8,15H,3-6,9-14H2,1-2H3. The van der Waals surface area contributed by atoms with Crippen molar-refractivity contribution in [1.29, 1.82) is 0 Å². The van der Waals surface area contributed by atoms with Gasteiger partial charge in [-0.2, -0.15) is 0 Å². The predicted molar refractivity (Wildman–Crippen MR) is 90.3 cm³/mol. The zero-order chi connectivity index (χ0) is 14.7. The summed E-state index contributed by atoms with van der Waals surface area (Å²) < 4.78 is 0. The van der Waals surface area contributed by atoms with Crippen molar-refractivity contribution in [3.8, 4) is 0 Å². The summed E-state index contributed by atoms with van der Waals surface area (Å²) in [5.74, 6) is 0. The normalized spacial score (nSPS) is 20.6. The Morgan fingerprint density at radius 3 is 2.62 bits per heavy atom. The average Bonchev–Trinajstić information content (AvgIpc) is 2.49. The molecule has 2 aliphatic rings. The molecule has 3 rings (SSSR count). The Morgan fingerprint density at radius 2 is 1.81 bits per heavy atom. The molecule has 0 radical (unpaired) electrons. The van der Waals surface area contributed by atoms with Crippen molar-refractivity contribution < 1.29 is 0 Å². The third kappa shape index (κ3) is 3.78. The van der Waals surface area contributed by atoms with E-state index in [-0.39, 0.29) is 0 Å². The largest absolute Gasteiger partial charge is 0.374 e. The van der Waals surface area contributed by atoms with Gasteiger partial charge in [0.25, 0.3) is 0 Å². The average molecular weight is 287 g/mol. The number of fused-ring (bicyclic) bond motifs is 1. The molecule has 0 N–H and O–H groups in total. The number of anilines is 1. The molecular weight excluding hydrogens is 258 g/mol. The maximum atomic E-state index is 2.62. The molecule has 1 aromatic carbocycles. The Balaban J connectivity index is 1.49. The molecule has 1 fully saturated rings. The van der Waals surface area contributed by atoms with Crippen LogP contribution in [0.15, 0.2) is 18.2 Å². The van der Waals surface area contributed by atoms with Gasteiger partial charge in [0.05, 0.1) is 0 Å². The Kier molecular flexibility index (Phi) is 4.81. The Morgan fingerprint density at radius 1 is 1.00 bits per heavy atom. The Bertz CT molecular complexity index is 464. The van der Waals surface area contributed by atoms with E-state index in [9.17, 15) is 0 Å². The molecule has 0 aromatic heterocycles. The number of rotatable bonds is 4. The highest BCUT2D eigenvalue weighted by Gasteiger charge is 2.15. The van der Waals surface area contributed by atoms with Crippen LogP contribution in [0.25, 0.3) is 0 Å². The van der Waals surface area contributed by atoms with Gasteiger partial charge in [-0.05, 0) is 56.5 Å². The lowest BCUT2D eigenvalue weighted by atomic mass is 9.98. The summed E-state index contributed by atoms with van der Waals surface area (Å²) in [6.07, 6.45) is 5.07. The number of benzene rings is 1. The number of likely N-dealkylation sites (N-methyl/N-ethyl adjacent to an activating group) is 1. The fraction of sp³-hybridized carbons (Fsp3) is 0.667. The van der Waals surface area contributed by atoms with Crippen LogP contribution < -0.4 is 4.90 Å². The summed E-state index contributed by atoms with van der Waals surface area (Å²) in [7, 11) is 4.44. The van der Waals surface area contributed by atoms with Crippen LogP contribution in [0.5, 0.6) is 0 Å². The van der Waals surface area contributed by atoms with Crippen molar-refractivity contribution in [1.82, 2.24) is 9.80 Å². The van der Waals surface area contributed by atoms with E-state index in [1.807, 2.05) is 0 Å². The molecule has 1 saturated heterocycles. The van der Waals surface area contributed by atoms with Crippen LogP contribution in [0, 0.1) is 0 Å². The summed E-state index contributed by atoms with van der Waals surface area (Å²) in [6.45, 7) is 7.40. The fourth-order valence-corrected chi connectivity index (χ4v) is 3.57. The van der Waals surface area contributed by atoms with Crippen LogP contribution in [-0.4, -0.2) is 63.2 Å². The van der Waals surface area contributed by atoms with Crippen LogP contribution in [-0.2, 0) is 12.8 Å². The maximum absolute atomic E-state index is 2.62. The third-order valence-corrected chi connectivity index (χ3v) is 5.03. The van der Waals surface area contributed by atoms with Crippen molar-refractivity contribution in [2.24, 2.45) is 0 Å². The molecule has 0 unspecified atom stereocenters. The minimum absolute atomic E-state index is 1.20. The van der Waals surface area contributed by atoms with Gasteiger partial charge in [-0.25, -0.2) is 0 Å². The van der Waals surface area contributed by atoms with Gasteiger partial charge in [0.2, 0.25) is 0 Å². The van der Waals surface area contributed by atoms with E-state index >= 15 is 0 Å². The molecule has 116 valence electrons. The number of piperazine rings is 1. The van der Waals surface area contributed by atoms with E-state index in [0.717, 1.165) is 0 Å².